The summed E-state index contributed by atoms with van der Waals surface area (Å²) in [5.74, 6) is 1.38. The highest BCUT2D eigenvalue weighted by Gasteiger charge is 2.09. The van der Waals surface area contributed by atoms with Crippen LogP contribution in [0.1, 0.15) is 18.1 Å². The van der Waals surface area contributed by atoms with Gasteiger partial charge in [-0.15, -0.1) is 0 Å². The van der Waals surface area contributed by atoms with Crippen LogP contribution in [0.25, 0.3) is 6.08 Å². The molecule has 0 saturated heterocycles. The summed E-state index contributed by atoms with van der Waals surface area (Å²) in [7, 11) is 0. The van der Waals surface area contributed by atoms with Crippen molar-refractivity contribution in [3.8, 4) is 6.07 Å². The first-order chi connectivity index (χ1) is 10.1. The Morgan fingerprint density at radius 1 is 1.19 bits per heavy atom. The van der Waals surface area contributed by atoms with Crippen LogP contribution in [0, 0.1) is 18.3 Å². The second kappa shape index (κ2) is 6.53. The van der Waals surface area contributed by atoms with Gasteiger partial charge in [-0.3, -0.25) is 4.99 Å². The van der Waals surface area contributed by atoms with Crippen molar-refractivity contribution in [3.05, 3.63) is 76.4 Å². The first kappa shape index (κ1) is 14.5. The molecule has 0 atom stereocenters. The molecule has 0 unspecified atom stereocenters. The van der Waals surface area contributed by atoms with Crippen molar-refractivity contribution in [1.82, 2.24) is 0 Å². The Hall–Kier alpha value is -2.86. The molecule has 0 aliphatic carbocycles. The molecule has 1 heterocycles. The van der Waals surface area contributed by atoms with Gasteiger partial charge in [0.05, 0.1) is 0 Å². The molecule has 0 spiro atoms. The first-order valence-corrected chi connectivity index (χ1v) is 6.56. The molecule has 0 bridgehead atoms. The molecule has 0 radical (unpaired) electrons. The van der Waals surface area contributed by atoms with Gasteiger partial charge in [-0.1, -0.05) is 35.9 Å². The zero-order valence-corrected chi connectivity index (χ0v) is 12.1. The van der Waals surface area contributed by atoms with Gasteiger partial charge in [-0.2, -0.15) is 5.26 Å². The van der Waals surface area contributed by atoms with Gasteiger partial charge in [0, 0.05) is 5.57 Å². The lowest BCUT2D eigenvalue weighted by atomic mass is 10.1. The van der Waals surface area contributed by atoms with Crippen LogP contribution in [0.15, 0.2) is 70.3 Å². The van der Waals surface area contributed by atoms with E-state index in [9.17, 15) is 0 Å². The summed E-state index contributed by atoms with van der Waals surface area (Å²) in [4.78, 5) is 3.73. The molecule has 1 aliphatic rings. The van der Waals surface area contributed by atoms with Gasteiger partial charge >= 0.3 is 0 Å². The van der Waals surface area contributed by atoms with Crippen LogP contribution in [-0.4, -0.2) is 6.72 Å². The Labute approximate surface area is 124 Å². The number of allylic oxidation sites excluding steroid dienone is 6. The molecule has 1 aliphatic heterocycles. The summed E-state index contributed by atoms with van der Waals surface area (Å²) < 4.78 is 5.63. The van der Waals surface area contributed by atoms with Gasteiger partial charge in [0.2, 0.25) is 0 Å². The molecule has 21 heavy (non-hydrogen) atoms. The van der Waals surface area contributed by atoms with Crippen LogP contribution in [0.5, 0.6) is 0 Å². The second-order valence-corrected chi connectivity index (χ2v) is 4.72. The minimum Gasteiger partial charge on any atom is -0.462 e. The van der Waals surface area contributed by atoms with Crippen LogP contribution in [0.3, 0.4) is 0 Å². The predicted molar refractivity (Wildman–Crippen MR) is 85.3 cm³/mol. The molecule has 3 heteroatoms. The Balaban J connectivity index is 2.28. The van der Waals surface area contributed by atoms with Crippen LogP contribution < -0.4 is 0 Å². The number of aliphatic imine (C=N–C) groups is 1. The third-order valence-corrected chi connectivity index (χ3v) is 2.99. The third-order valence-electron chi connectivity index (χ3n) is 2.99. The van der Waals surface area contributed by atoms with Crippen LogP contribution in [0.4, 0.5) is 0 Å². The van der Waals surface area contributed by atoms with E-state index < -0.39 is 0 Å². The van der Waals surface area contributed by atoms with E-state index in [0.717, 1.165) is 5.56 Å². The smallest absolute Gasteiger partial charge is 0.147 e. The minimum atomic E-state index is 0.291. The lowest BCUT2D eigenvalue weighted by molar-refractivity contribution is 0.318. The monoisotopic (exact) mass is 276 g/mol. The zero-order chi connectivity index (χ0) is 15.2. The Morgan fingerprint density at radius 3 is 2.52 bits per heavy atom. The molecule has 0 amide bonds. The highest BCUT2D eigenvalue weighted by molar-refractivity contribution is 5.55. The minimum absolute atomic E-state index is 0.291. The van der Waals surface area contributed by atoms with Gasteiger partial charge in [0.15, 0.2) is 0 Å². The number of nitriles is 1. The van der Waals surface area contributed by atoms with Gasteiger partial charge < -0.3 is 4.74 Å². The summed E-state index contributed by atoms with van der Waals surface area (Å²) in [6, 6.07) is 10.2. The molecule has 0 saturated carbocycles. The molecule has 0 fully saturated rings. The largest absolute Gasteiger partial charge is 0.462 e. The predicted octanol–water partition coefficient (Wildman–Crippen LogP) is 4.30. The SMILES string of the molecule is C=N/C(C#N)=C1\C=C(C)OC(/C=C/c2ccc(C)cc2)=C1. The number of benzene rings is 1. The Bertz CT molecular complexity index is 711. The van der Waals surface area contributed by atoms with Crippen molar-refractivity contribution in [2.45, 2.75) is 13.8 Å². The van der Waals surface area contributed by atoms with E-state index in [0.29, 0.717) is 22.8 Å². The summed E-state index contributed by atoms with van der Waals surface area (Å²) >= 11 is 0. The first-order valence-electron chi connectivity index (χ1n) is 6.56. The fourth-order valence-corrected chi connectivity index (χ4v) is 1.92. The van der Waals surface area contributed by atoms with Gasteiger partial charge in [0.25, 0.3) is 0 Å². The van der Waals surface area contributed by atoms with Crippen molar-refractivity contribution in [3.63, 3.8) is 0 Å². The van der Waals surface area contributed by atoms with E-state index in [-0.39, 0.29) is 0 Å². The van der Waals surface area contributed by atoms with Gasteiger partial charge in [0.1, 0.15) is 23.3 Å². The molecular weight excluding hydrogens is 260 g/mol. The van der Waals surface area contributed by atoms with Crippen LogP contribution >= 0.6 is 0 Å². The third kappa shape index (κ3) is 3.80. The zero-order valence-electron chi connectivity index (χ0n) is 12.1. The molecule has 104 valence electrons. The van der Waals surface area contributed by atoms with Gasteiger partial charge in [-0.05, 0) is 44.4 Å². The summed E-state index contributed by atoms with van der Waals surface area (Å²) in [5, 5.41) is 9.03. The van der Waals surface area contributed by atoms with Crippen LogP contribution in [0.2, 0.25) is 0 Å². The number of rotatable bonds is 3. The fourth-order valence-electron chi connectivity index (χ4n) is 1.92. The van der Waals surface area contributed by atoms with Crippen molar-refractivity contribution in [1.29, 1.82) is 5.26 Å². The lowest BCUT2D eigenvalue weighted by Crippen LogP contribution is -1.97. The molecule has 3 nitrogen and oxygen atoms in total. The molecule has 2 rings (SSSR count). The number of aryl methyl sites for hydroxylation is 1. The quantitative estimate of drug-likeness (QED) is 0.610. The second-order valence-electron chi connectivity index (χ2n) is 4.72. The number of ether oxygens (including phenoxy) is 1. The number of hydrogen-bond acceptors (Lipinski definition) is 3. The average Bonchev–Trinajstić information content (AvgIpc) is 2.47. The van der Waals surface area contributed by atoms with E-state index in [1.165, 1.54) is 5.56 Å². The van der Waals surface area contributed by atoms with E-state index in [1.807, 2.05) is 37.3 Å². The molecule has 1 aromatic rings. The van der Waals surface area contributed by atoms with Crippen LogP contribution in [-0.2, 0) is 4.74 Å². The fraction of sp³-hybridized carbons (Fsp3) is 0.111. The maximum atomic E-state index is 9.03. The number of nitrogens with zero attached hydrogens (tertiary/aromatic N) is 2. The normalized spacial score (nSPS) is 16.6. The topological polar surface area (TPSA) is 45.4 Å². The number of hydrogen-bond donors (Lipinski definition) is 0. The molecule has 1 aromatic carbocycles. The van der Waals surface area contributed by atoms with Gasteiger partial charge in [-0.25, -0.2) is 0 Å². The maximum absolute atomic E-state index is 9.03. The standard InChI is InChI=1S/C18H16N2O/c1-13-4-6-15(7-5-13)8-9-17-11-16(10-14(2)21-17)18(12-19)20-3/h4-11H,3H2,1-2H3/b9-8+,18-16+. The van der Waals surface area contributed by atoms with Crippen molar-refractivity contribution in [2.24, 2.45) is 4.99 Å². The van der Waals surface area contributed by atoms with E-state index in [2.05, 4.69) is 30.8 Å². The van der Waals surface area contributed by atoms with E-state index >= 15 is 0 Å². The van der Waals surface area contributed by atoms with E-state index in [1.54, 1.807) is 12.2 Å². The Kier molecular flexibility index (Phi) is 4.53. The summed E-state index contributed by atoms with van der Waals surface area (Å²) in [6.45, 7) is 7.30. The van der Waals surface area contributed by atoms with Crippen molar-refractivity contribution < 1.29 is 4.74 Å². The molecular formula is C18H16N2O. The average molecular weight is 276 g/mol. The molecule has 0 aromatic heterocycles. The van der Waals surface area contributed by atoms with Crippen molar-refractivity contribution >= 4 is 12.8 Å². The Morgan fingerprint density at radius 2 is 1.90 bits per heavy atom. The van der Waals surface area contributed by atoms with E-state index in [4.69, 9.17) is 10.00 Å². The summed E-state index contributed by atoms with van der Waals surface area (Å²) in [5.41, 5.74) is 3.31. The highest BCUT2D eigenvalue weighted by atomic mass is 16.5. The van der Waals surface area contributed by atoms with Crippen molar-refractivity contribution in [2.75, 3.05) is 0 Å². The lowest BCUT2D eigenvalue weighted by Gasteiger charge is -2.13. The highest BCUT2D eigenvalue weighted by Crippen LogP contribution is 2.23. The molecule has 0 N–H and O–H groups in total. The summed E-state index contributed by atoms with van der Waals surface area (Å²) in [6.07, 6.45) is 7.40. The maximum Gasteiger partial charge on any atom is 0.147 e.